The molecule has 5 nitrogen and oxygen atoms in total. The lowest BCUT2D eigenvalue weighted by Gasteiger charge is -2.21. The molecule has 0 atom stereocenters. The Morgan fingerprint density at radius 2 is 2.00 bits per heavy atom. The number of carbonyl (C=O) groups is 1. The highest BCUT2D eigenvalue weighted by Gasteiger charge is 2.13. The molecule has 0 heterocycles. The zero-order valence-electron chi connectivity index (χ0n) is 11.5. The average molecular weight is 275 g/mol. The second-order valence-corrected chi connectivity index (χ2v) is 5.12. The molecular weight excluding hydrogens is 254 g/mol. The number of nitrogens with one attached hydrogen (secondary N) is 1. The third-order valence-electron chi connectivity index (χ3n) is 3.48. The van der Waals surface area contributed by atoms with Crippen molar-refractivity contribution in [3.8, 4) is 5.75 Å². The molecule has 1 saturated carbocycles. The quantitative estimate of drug-likeness (QED) is 0.640. The zero-order valence-corrected chi connectivity index (χ0v) is 11.5. The van der Waals surface area contributed by atoms with Crippen LogP contribution in [0.25, 0.3) is 0 Å². The minimum atomic E-state index is -0.673. The number of nitrogens with zero attached hydrogens (tertiary/aromatic N) is 1. The molecule has 20 heavy (non-hydrogen) atoms. The van der Waals surface area contributed by atoms with E-state index in [4.69, 9.17) is 10.5 Å². The van der Waals surface area contributed by atoms with Crippen molar-refractivity contribution in [3.63, 3.8) is 0 Å². The summed E-state index contributed by atoms with van der Waals surface area (Å²) in [5.41, 5.74) is 7.94. The van der Waals surface area contributed by atoms with Gasteiger partial charge in [-0.3, -0.25) is 0 Å². The third kappa shape index (κ3) is 4.91. The van der Waals surface area contributed by atoms with E-state index in [1.54, 1.807) is 0 Å². The van der Waals surface area contributed by atoms with Crippen LogP contribution in [0, 0.1) is 5.92 Å². The number of hydrogen-bond acceptors (Lipinski definition) is 3. The van der Waals surface area contributed by atoms with Crippen LogP contribution in [0.2, 0.25) is 0 Å². The van der Waals surface area contributed by atoms with Crippen LogP contribution in [-0.2, 0) is 0 Å². The predicted molar refractivity (Wildman–Crippen MR) is 78.8 cm³/mol. The molecule has 3 N–H and O–H groups in total. The summed E-state index contributed by atoms with van der Waals surface area (Å²) in [6, 6.07) is 6.93. The second-order valence-electron chi connectivity index (χ2n) is 5.12. The molecule has 0 unspecified atom stereocenters. The van der Waals surface area contributed by atoms with Crippen LogP contribution < -0.4 is 15.9 Å². The molecule has 0 bridgehead atoms. The van der Waals surface area contributed by atoms with Gasteiger partial charge in [0.15, 0.2) is 0 Å². The number of benzene rings is 1. The van der Waals surface area contributed by atoms with Crippen LogP contribution in [0.3, 0.4) is 0 Å². The molecule has 2 amide bonds. The Kier molecular flexibility index (Phi) is 5.41. The fraction of sp³-hybridized carbons (Fsp3) is 0.467. The zero-order chi connectivity index (χ0) is 14.2. The largest absolute Gasteiger partial charge is 0.493 e. The maximum absolute atomic E-state index is 10.5. The molecule has 5 heteroatoms. The molecule has 1 aromatic carbocycles. The predicted octanol–water partition coefficient (Wildman–Crippen LogP) is 2.65. The molecule has 0 saturated heterocycles. The van der Waals surface area contributed by atoms with E-state index in [9.17, 15) is 4.79 Å². The molecule has 0 aromatic heterocycles. The number of carbonyl (C=O) groups excluding carboxylic acids is 1. The van der Waals surface area contributed by atoms with Gasteiger partial charge >= 0.3 is 6.03 Å². The van der Waals surface area contributed by atoms with Gasteiger partial charge in [-0.15, -0.1) is 0 Å². The van der Waals surface area contributed by atoms with Gasteiger partial charge in [0.2, 0.25) is 0 Å². The van der Waals surface area contributed by atoms with Gasteiger partial charge in [0.1, 0.15) is 5.75 Å². The molecule has 0 spiro atoms. The van der Waals surface area contributed by atoms with Crippen molar-refractivity contribution in [3.05, 3.63) is 29.8 Å². The topological polar surface area (TPSA) is 76.7 Å². The van der Waals surface area contributed by atoms with Gasteiger partial charge in [-0.05, 0) is 48.6 Å². The van der Waals surface area contributed by atoms with Gasteiger partial charge in [-0.2, -0.15) is 5.10 Å². The molecule has 1 aliphatic rings. The van der Waals surface area contributed by atoms with E-state index in [0.717, 1.165) is 17.9 Å². The first-order valence-electron chi connectivity index (χ1n) is 7.05. The number of amides is 2. The molecule has 0 aliphatic heterocycles. The summed E-state index contributed by atoms with van der Waals surface area (Å²) in [7, 11) is 0. The Balaban J connectivity index is 1.78. The molecular formula is C15H21N3O2. The Bertz CT molecular complexity index is 451. The monoisotopic (exact) mass is 275 g/mol. The lowest BCUT2D eigenvalue weighted by atomic mass is 9.90. The number of nitrogens with two attached hydrogens (primary N) is 1. The van der Waals surface area contributed by atoms with Crippen LogP contribution >= 0.6 is 0 Å². The first-order chi connectivity index (χ1) is 9.74. The number of primary amides is 1. The molecule has 1 aliphatic carbocycles. The van der Waals surface area contributed by atoms with Crippen LogP contribution in [0.4, 0.5) is 4.79 Å². The summed E-state index contributed by atoms with van der Waals surface area (Å²) in [4.78, 5) is 10.5. The Labute approximate surface area is 119 Å². The first kappa shape index (κ1) is 14.4. The SMILES string of the molecule is NC(=O)N/N=C/c1ccc(OCC2CCCCC2)cc1. The highest BCUT2D eigenvalue weighted by Crippen LogP contribution is 2.24. The van der Waals surface area contributed by atoms with Gasteiger partial charge < -0.3 is 10.5 Å². The smallest absolute Gasteiger partial charge is 0.332 e. The van der Waals surface area contributed by atoms with Crippen molar-refractivity contribution >= 4 is 12.2 Å². The third-order valence-corrected chi connectivity index (χ3v) is 3.48. The van der Waals surface area contributed by atoms with E-state index in [0.29, 0.717) is 5.92 Å². The molecule has 1 aromatic rings. The van der Waals surface area contributed by atoms with Crippen molar-refractivity contribution in [2.75, 3.05) is 6.61 Å². The maximum atomic E-state index is 10.5. The second kappa shape index (κ2) is 7.53. The summed E-state index contributed by atoms with van der Waals surface area (Å²) in [6.07, 6.45) is 8.12. The summed E-state index contributed by atoms with van der Waals surface area (Å²) in [5.74, 6) is 1.57. The van der Waals surface area contributed by atoms with E-state index in [1.165, 1.54) is 38.3 Å². The van der Waals surface area contributed by atoms with E-state index in [2.05, 4.69) is 10.5 Å². The lowest BCUT2D eigenvalue weighted by Crippen LogP contribution is -2.24. The van der Waals surface area contributed by atoms with Crippen molar-refractivity contribution in [1.29, 1.82) is 0 Å². The van der Waals surface area contributed by atoms with Crippen LogP contribution in [0.5, 0.6) is 5.75 Å². The number of urea groups is 1. The van der Waals surface area contributed by atoms with E-state index >= 15 is 0 Å². The summed E-state index contributed by atoms with van der Waals surface area (Å²) < 4.78 is 5.81. The van der Waals surface area contributed by atoms with Crippen LogP contribution in [-0.4, -0.2) is 18.9 Å². The maximum Gasteiger partial charge on any atom is 0.332 e. The van der Waals surface area contributed by atoms with Crippen molar-refractivity contribution in [2.24, 2.45) is 16.8 Å². The van der Waals surface area contributed by atoms with Crippen molar-refractivity contribution in [2.45, 2.75) is 32.1 Å². The van der Waals surface area contributed by atoms with Crippen molar-refractivity contribution in [1.82, 2.24) is 5.43 Å². The lowest BCUT2D eigenvalue weighted by molar-refractivity contribution is 0.209. The van der Waals surface area contributed by atoms with Crippen molar-refractivity contribution < 1.29 is 9.53 Å². The standard InChI is InChI=1S/C15H21N3O2/c16-15(19)18-17-10-12-6-8-14(9-7-12)20-11-13-4-2-1-3-5-13/h6-10,13H,1-5,11H2,(H3,16,18,19)/b17-10+. The number of hydrazone groups is 1. The number of hydrogen-bond donors (Lipinski definition) is 2. The van der Waals surface area contributed by atoms with Crippen LogP contribution in [0.15, 0.2) is 29.4 Å². The summed E-state index contributed by atoms with van der Waals surface area (Å²) in [6.45, 7) is 0.802. The normalized spacial score (nSPS) is 16.2. The molecule has 2 rings (SSSR count). The van der Waals surface area contributed by atoms with Crippen LogP contribution in [0.1, 0.15) is 37.7 Å². The summed E-state index contributed by atoms with van der Waals surface area (Å²) in [5, 5.41) is 3.70. The Morgan fingerprint density at radius 3 is 2.65 bits per heavy atom. The minimum Gasteiger partial charge on any atom is -0.493 e. The Hall–Kier alpha value is -2.04. The minimum absolute atomic E-state index is 0.673. The molecule has 1 fully saturated rings. The fourth-order valence-corrected chi connectivity index (χ4v) is 2.39. The first-order valence-corrected chi connectivity index (χ1v) is 7.05. The van der Waals surface area contributed by atoms with Gasteiger partial charge in [0.25, 0.3) is 0 Å². The van der Waals surface area contributed by atoms with Gasteiger partial charge in [0.05, 0.1) is 12.8 Å². The molecule has 108 valence electrons. The number of ether oxygens (including phenoxy) is 1. The number of rotatable bonds is 5. The van der Waals surface area contributed by atoms with E-state index in [-0.39, 0.29) is 0 Å². The van der Waals surface area contributed by atoms with E-state index < -0.39 is 6.03 Å². The molecule has 0 radical (unpaired) electrons. The van der Waals surface area contributed by atoms with Gasteiger partial charge in [-0.25, -0.2) is 10.2 Å². The van der Waals surface area contributed by atoms with E-state index in [1.807, 2.05) is 24.3 Å². The van der Waals surface area contributed by atoms with Gasteiger partial charge in [-0.1, -0.05) is 19.3 Å². The summed E-state index contributed by atoms with van der Waals surface area (Å²) >= 11 is 0. The highest BCUT2D eigenvalue weighted by atomic mass is 16.5. The Morgan fingerprint density at radius 1 is 1.30 bits per heavy atom. The fourth-order valence-electron chi connectivity index (χ4n) is 2.39. The average Bonchev–Trinajstić information content (AvgIpc) is 2.47. The highest BCUT2D eigenvalue weighted by molar-refractivity contribution is 5.81. The van der Waals surface area contributed by atoms with Gasteiger partial charge in [0, 0.05) is 0 Å².